The Bertz CT molecular complexity index is 1560. The Morgan fingerprint density at radius 3 is 1.92 bits per heavy atom. The first-order valence-corrected chi connectivity index (χ1v) is 20.1. The summed E-state index contributed by atoms with van der Waals surface area (Å²) in [6.07, 6.45) is 0.897. The number of carbonyl (C=O) groups is 1. The highest BCUT2D eigenvalue weighted by atomic mass is 28.4. The third-order valence-electron chi connectivity index (χ3n) is 10.1. The first-order chi connectivity index (χ1) is 24.7. The van der Waals surface area contributed by atoms with Crippen LogP contribution in [0.4, 0.5) is 0 Å². The zero-order valence-corrected chi connectivity index (χ0v) is 31.8. The summed E-state index contributed by atoms with van der Waals surface area (Å²) >= 11 is 0. The van der Waals surface area contributed by atoms with Gasteiger partial charge in [-0.15, -0.1) is 0 Å². The molecule has 1 heterocycles. The normalized spacial score (nSPS) is 20.2. The van der Waals surface area contributed by atoms with Gasteiger partial charge in [0.15, 0.2) is 0 Å². The second kappa shape index (κ2) is 18.2. The molecule has 0 unspecified atom stereocenters. The van der Waals surface area contributed by atoms with Crippen LogP contribution >= 0.6 is 0 Å². The van der Waals surface area contributed by atoms with Crippen molar-refractivity contribution in [1.29, 1.82) is 0 Å². The minimum Gasteiger partial charge on any atom is -0.402 e. The van der Waals surface area contributed by atoms with Gasteiger partial charge in [-0.1, -0.05) is 130 Å². The van der Waals surface area contributed by atoms with Gasteiger partial charge in [-0.3, -0.25) is 4.79 Å². The summed E-state index contributed by atoms with van der Waals surface area (Å²) in [6.45, 7) is 9.96. The van der Waals surface area contributed by atoms with E-state index < -0.39 is 14.4 Å². The maximum Gasteiger partial charge on any atom is 0.261 e. The van der Waals surface area contributed by atoms with E-state index in [1.165, 1.54) is 10.4 Å². The van der Waals surface area contributed by atoms with Gasteiger partial charge < -0.3 is 28.6 Å². The van der Waals surface area contributed by atoms with Crippen LogP contribution in [-0.2, 0) is 25.2 Å². The lowest BCUT2D eigenvalue weighted by molar-refractivity contribution is -0.100. The molecule has 51 heavy (non-hydrogen) atoms. The number of amides is 1. The number of hydrogen-bond donors (Lipinski definition) is 1. The summed E-state index contributed by atoms with van der Waals surface area (Å²) in [4.78, 5) is 16.7. The molecule has 0 spiro atoms. The lowest BCUT2D eigenvalue weighted by Crippen LogP contribution is -2.71. The number of aliphatic hydroxyl groups excluding tert-OH is 1. The van der Waals surface area contributed by atoms with Crippen LogP contribution in [0.3, 0.4) is 0 Å². The highest BCUT2D eigenvalue weighted by molar-refractivity contribution is 6.99. The first kappa shape index (κ1) is 38.6. The highest BCUT2D eigenvalue weighted by Crippen LogP contribution is 2.41. The lowest BCUT2D eigenvalue weighted by Gasteiger charge is -2.53. The van der Waals surface area contributed by atoms with E-state index in [1.54, 1.807) is 7.11 Å². The zero-order chi connectivity index (χ0) is 36.3. The number of piperidine rings is 1. The Kier molecular flexibility index (Phi) is 13.8. The van der Waals surface area contributed by atoms with Crippen LogP contribution < -0.4 is 10.4 Å². The SMILES string of the molecule is COCOCC[C@@H](O)CC[C@@H]1[C@@H](OCc2ccccc2)C[C@H](O[Si](c2ccccc2)(c2ccccc2)C(C)(C)C)[C@H](C)N1C(=O)c1ccccc1. The number of nitrogens with zero attached hydrogens (tertiary/aromatic N) is 1. The molecular formula is C43H55NO6Si. The van der Waals surface area contributed by atoms with Gasteiger partial charge >= 0.3 is 0 Å². The van der Waals surface area contributed by atoms with Crippen LogP contribution in [0.5, 0.6) is 0 Å². The van der Waals surface area contributed by atoms with E-state index in [0.717, 1.165) is 5.56 Å². The number of carbonyl (C=O) groups excluding carboxylic acids is 1. The topological polar surface area (TPSA) is 77.5 Å². The van der Waals surface area contributed by atoms with E-state index in [4.69, 9.17) is 18.6 Å². The van der Waals surface area contributed by atoms with E-state index in [-0.39, 0.29) is 42.0 Å². The standard InChI is InChI=1S/C43H55NO6Si/c1-33-40(50-51(43(2,3)4,37-22-14-8-15-23-37)38-24-16-9-17-25-38)30-41(49-31-34-18-10-6-11-19-34)39(27-26-36(45)28-29-48-32-47-5)44(33)42(46)35-20-12-7-13-21-35/h6-25,33,36,39-41,45H,26-32H2,1-5H3/t33-,36-,39+,40-,41-/m0/s1. The summed E-state index contributed by atoms with van der Waals surface area (Å²) in [5.41, 5.74) is 1.69. The Balaban J connectivity index is 1.56. The predicted molar refractivity (Wildman–Crippen MR) is 206 cm³/mol. The van der Waals surface area contributed by atoms with Crippen molar-refractivity contribution in [1.82, 2.24) is 4.90 Å². The molecule has 5 rings (SSSR count). The molecular weight excluding hydrogens is 655 g/mol. The van der Waals surface area contributed by atoms with Crippen LogP contribution in [0.1, 0.15) is 69.3 Å². The van der Waals surface area contributed by atoms with Gasteiger partial charge in [0, 0.05) is 19.1 Å². The fourth-order valence-electron chi connectivity index (χ4n) is 7.52. The maximum absolute atomic E-state index is 14.7. The third-order valence-corrected chi connectivity index (χ3v) is 15.2. The fourth-order valence-corrected chi connectivity index (χ4v) is 12.3. The van der Waals surface area contributed by atoms with Crippen LogP contribution in [0.15, 0.2) is 121 Å². The van der Waals surface area contributed by atoms with Crippen LogP contribution in [0.2, 0.25) is 5.04 Å². The minimum absolute atomic E-state index is 0.0601. The number of methoxy groups -OCH3 is 1. The molecule has 4 aromatic carbocycles. The second-order valence-corrected chi connectivity index (χ2v) is 18.9. The zero-order valence-electron chi connectivity index (χ0n) is 30.8. The summed E-state index contributed by atoms with van der Waals surface area (Å²) in [5, 5.41) is 13.2. The number of aliphatic hydroxyl groups is 1. The van der Waals surface area contributed by atoms with Crippen molar-refractivity contribution in [3.63, 3.8) is 0 Å². The number of hydrogen-bond acceptors (Lipinski definition) is 6. The summed E-state index contributed by atoms with van der Waals surface area (Å²) in [6, 6.07) is 40.4. The lowest BCUT2D eigenvalue weighted by atomic mass is 9.87. The second-order valence-electron chi connectivity index (χ2n) is 14.6. The van der Waals surface area contributed by atoms with Gasteiger partial charge in [-0.25, -0.2) is 0 Å². The Labute approximate surface area is 305 Å². The van der Waals surface area contributed by atoms with Gasteiger partial charge in [0.1, 0.15) is 6.79 Å². The molecule has 0 aromatic heterocycles. The van der Waals surface area contributed by atoms with Crippen molar-refractivity contribution < 1.29 is 28.5 Å². The molecule has 5 atom stereocenters. The number of benzene rings is 4. The molecule has 272 valence electrons. The van der Waals surface area contributed by atoms with Gasteiger partial charge in [-0.2, -0.15) is 0 Å². The highest BCUT2D eigenvalue weighted by Gasteiger charge is 2.54. The average Bonchev–Trinajstić information content (AvgIpc) is 3.15. The van der Waals surface area contributed by atoms with Crippen molar-refractivity contribution in [2.75, 3.05) is 20.5 Å². The Hall–Kier alpha value is -3.63. The smallest absolute Gasteiger partial charge is 0.261 e. The fraction of sp³-hybridized carbons (Fsp3) is 0.419. The summed E-state index contributed by atoms with van der Waals surface area (Å²) in [5.74, 6) is -0.0601. The van der Waals surface area contributed by atoms with Crippen molar-refractivity contribution in [2.24, 2.45) is 0 Å². The molecule has 0 saturated carbocycles. The van der Waals surface area contributed by atoms with Crippen molar-refractivity contribution >= 4 is 24.6 Å². The summed E-state index contributed by atoms with van der Waals surface area (Å²) in [7, 11) is -1.39. The van der Waals surface area contributed by atoms with Crippen molar-refractivity contribution in [3.05, 3.63) is 132 Å². The van der Waals surface area contributed by atoms with Crippen molar-refractivity contribution in [2.45, 2.75) is 95.4 Å². The first-order valence-electron chi connectivity index (χ1n) is 18.2. The van der Waals surface area contributed by atoms with Gasteiger partial charge in [0.2, 0.25) is 0 Å². The monoisotopic (exact) mass is 709 g/mol. The molecule has 0 aliphatic carbocycles. The van der Waals surface area contributed by atoms with Crippen molar-refractivity contribution in [3.8, 4) is 0 Å². The molecule has 1 aliphatic rings. The van der Waals surface area contributed by atoms with Gasteiger partial charge in [0.05, 0.1) is 43.6 Å². The van der Waals surface area contributed by atoms with Gasteiger partial charge in [0.25, 0.3) is 14.2 Å². The molecule has 8 heteroatoms. The molecule has 4 aromatic rings. The van der Waals surface area contributed by atoms with E-state index in [9.17, 15) is 9.90 Å². The Morgan fingerprint density at radius 2 is 1.37 bits per heavy atom. The number of ether oxygens (including phenoxy) is 3. The van der Waals surface area contributed by atoms with Crippen LogP contribution in [0, 0.1) is 0 Å². The molecule has 1 N–H and O–H groups in total. The molecule has 1 fully saturated rings. The van der Waals surface area contributed by atoms with E-state index in [1.807, 2.05) is 53.4 Å². The van der Waals surface area contributed by atoms with E-state index >= 15 is 0 Å². The number of rotatable bonds is 16. The average molecular weight is 710 g/mol. The predicted octanol–water partition coefficient (Wildman–Crippen LogP) is 6.97. The third kappa shape index (κ3) is 9.43. The summed E-state index contributed by atoms with van der Waals surface area (Å²) < 4.78 is 25.1. The molecule has 1 aliphatic heterocycles. The van der Waals surface area contributed by atoms with Gasteiger partial charge in [-0.05, 0) is 59.3 Å². The van der Waals surface area contributed by atoms with Crippen LogP contribution in [-0.4, -0.2) is 75.1 Å². The molecule has 1 amide bonds. The van der Waals surface area contributed by atoms with E-state index in [2.05, 4.69) is 100 Å². The molecule has 7 nitrogen and oxygen atoms in total. The number of likely N-dealkylation sites (tertiary alicyclic amines) is 1. The largest absolute Gasteiger partial charge is 0.402 e. The Morgan fingerprint density at radius 1 is 0.824 bits per heavy atom. The molecule has 0 bridgehead atoms. The quantitative estimate of drug-likeness (QED) is 0.0770. The minimum atomic E-state index is -2.98. The maximum atomic E-state index is 14.7. The molecule has 1 saturated heterocycles. The van der Waals surface area contributed by atoms with E-state index in [0.29, 0.717) is 44.5 Å². The van der Waals surface area contributed by atoms with Crippen LogP contribution in [0.25, 0.3) is 0 Å². The molecule has 0 radical (unpaired) electrons.